The molecular formula is C17H17FN2OS2. The molecule has 0 aliphatic heterocycles. The summed E-state index contributed by atoms with van der Waals surface area (Å²) in [7, 11) is 0. The van der Waals surface area contributed by atoms with E-state index in [2.05, 4.69) is 11.9 Å². The third kappa shape index (κ3) is 3.33. The van der Waals surface area contributed by atoms with Gasteiger partial charge in [-0.05, 0) is 42.5 Å². The van der Waals surface area contributed by atoms with Gasteiger partial charge in [-0.15, -0.1) is 11.3 Å². The van der Waals surface area contributed by atoms with E-state index in [1.807, 2.05) is 24.4 Å². The number of nitrogens with zero attached hydrogens (tertiary/aromatic N) is 2. The molecular weight excluding hydrogens is 331 g/mol. The summed E-state index contributed by atoms with van der Waals surface area (Å²) in [6.45, 7) is 4.07. The third-order valence-electron chi connectivity index (χ3n) is 3.77. The summed E-state index contributed by atoms with van der Waals surface area (Å²) in [6.07, 6.45) is 0.853. The molecule has 6 heteroatoms. The molecule has 0 fully saturated rings. The first-order valence-corrected chi connectivity index (χ1v) is 9.33. The molecule has 0 bridgehead atoms. The Morgan fingerprint density at radius 3 is 2.96 bits per heavy atom. The fourth-order valence-electron chi connectivity index (χ4n) is 2.35. The average molecular weight is 348 g/mol. The average Bonchev–Trinajstić information content (AvgIpc) is 3.01. The number of halogens is 1. The minimum Gasteiger partial charge on any atom is -0.284 e. The Hall–Kier alpha value is -1.66. The summed E-state index contributed by atoms with van der Waals surface area (Å²) < 4.78 is 15.8. The fraction of sp³-hybridized carbons (Fsp3) is 0.294. The van der Waals surface area contributed by atoms with Crippen LogP contribution < -0.4 is 5.56 Å². The Kier molecular flexibility index (Phi) is 4.82. The smallest absolute Gasteiger partial charge is 0.272 e. The van der Waals surface area contributed by atoms with Crippen LogP contribution in [0.4, 0.5) is 4.39 Å². The molecule has 0 radical (unpaired) electrons. The van der Waals surface area contributed by atoms with Crippen molar-refractivity contribution in [1.82, 2.24) is 9.55 Å². The van der Waals surface area contributed by atoms with Crippen molar-refractivity contribution in [2.24, 2.45) is 0 Å². The number of benzene rings is 1. The molecule has 0 unspecified atom stereocenters. The highest BCUT2D eigenvalue weighted by molar-refractivity contribution is 7.98. The second kappa shape index (κ2) is 6.84. The van der Waals surface area contributed by atoms with Crippen LogP contribution in [0.15, 0.2) is 45.7 Å². The van der Waals surface area contributed by atoms with Gasteiger partial charge in [0.25, 0.3) is 5.56 Å². The Balaban J connectivity index is 1.99. The largest absolute Gasteiger partial charge is 0.284 e. The molecule has 120 valence electrons. The van der Waals surface area contributed by atoms with E-state index in [9.17, 15) is 9.18 Å². The van der Waals surface area contributed by atoms with Gasteiger partial charge >= 0.3 is 0 Å². The molecule has 2 aromatic heterocycles. The zero-order chi connectivity index (χ0) is 16.4. The fourth-order valence-corrected chi connectivity index (χ4v) is 4.16. The first-order chi connectivity index (χ1) is 11.1. The molecule has 1 aromatic carbocycles. The SMILES string of the molecule is CC[C@@H](C)n1c(SCc2cccc(F)c2)nc2ccsc2c1=O. The number of aromatic nitrogens is 2. The number of hydrogen-bond donors (Lipinski definition) is 0. The highest BCUT2D eigenvalue weighted by Crippen LogP contribution is 2.26. The molecule has 23 heavy (non-hydrogen) atoms. The van der Waals surface area contributed by atoms with Gasteiger partial charge in [0.15, 0.2) is 5.16 Å². The van der Waals surface area contributed by atoms with E-state index in [1.165, 1.54) is 35.2 Å². The Morgan fingerprint density at radius 1 is 1.39 bits per heavy atom. The van der Waals surface area contributed by atoms with Crippen molar-refractivity contribution in [1.29, 1.82) is 0 Å². The van der Waals surface area contributed by atoms with Crippen LogP contribution in [0.2, 0.25) is 0 Å². The highest BCUT2D eigenvalue weighted by Gasteiger charge is 2.16. The maximum absolute atomic E-state index is 13.3. The lowest BCUT2D eigenvalue weighted by atomic mass is 10.2. The molecule has 0 N–H and O–H groups in total. The summed E-state index contributed by atoms with van der Waals surface area (Å²) in [5.41, 5.74) is 1.63. The van der Waals surface area contributed by atoms with Gasteiger partial charge < -0.3 is 0 Å². The van der Waals surface area contributed by atoms with E-state index in [1.54, 1.807) is 10.6 Å². The number of thiophene rings is 1. The summed E-state index contributed by atoms with van der Waals surface area (Å²) in [5.74, 6) is 0.333. The van der Waals surface area contributed by atoms with Crippen LogP contribution in [0.3, 0.4) is 0 Å². The van der Waals surface area contributed by atoms with Gasteiger partial charge in [-0.3, -0.25) is 9.36 Å². The molecule has 2 heterocycles. The van der Waals surface area contributed by atoms with Crippen molar-refractivity contribution in [3.63, 3.8) is 0 Å². The van der Waals surface area contributed by atoms with Crippen LogP contribution in [0, 0.1) is 5.82 Å². The summed E-state index contributed by atoms with van der Waals surface area (Å²) in [5, 5.41) is 2.58. The summed E-state index contributed by atoms with van der Waals surface area (Å²) in [4.78, 5) is 17.4. The van der Waals surface area contributed by atoms with Crippen LogP contribution in [-0.4, -0.2) is 9.55 Å². The van der Waals surface area contributed by atoms with E-state index in [0.717, 1.165) is 17.5 Å². The lowest BCUT2D eigenvalue weighted by molar-refractivity contribution is 0.468. The van der Waals surface area contributed by atoms with Gasteiger partial charge in [-0.25, -0.2) is 9.37 Å². The van der Waals surface area contributed by atoms with Crippen molar-refractivity contribution >= 4 is 33.3 Å². The molecule has 0 saturated heterocycles. The second-order valence-corrected chi connectivity index (χ2v) is 7.24. The molecule has 1 atom stereocenters. The predicted octanol–water partition coefficient (Wildman–Crippen LogP) is 4.86. The molecule has 0 aliphatic rings. The normalized spacial score (nSPS) is 12.7. The summed E-state index contributed by atoms with van der Waals surface area (Å²) in [6, 6.07) is 8.47. The van der Waals surface area contributed by atoms with Crippen molar-refractivity contribution < 1.29 is 4.39 Å². The van der Waals surface area contributed by atoms with E-state index in [-0.39, 0.29) is 17.4 Å². The Morgan fingerprint density at radius 2 is 2.22 bits per heavy atom. The zero-order valence-electron chi connectivity index (χ0n) is 13.0. The van der Waals surface area contributed by atoms with E-state index >= 15 is 0 Å². The minimum atomic E-state index is -0.247. The summed E-state index contributed by atoms with van der Waals surface area (Å²) >= 11 is 2.90. The van der Waals surface area contributed by atoms with Crippen molar-refractivity contribution in [2.75, 3.05) is 0 Å². The first kappa shape index (κ1) is 16.2. The number of rotatable bonds is 5. The third-order valence-corrected chi connectivity index (χ3v) is 5.68. The van der Waals surface area contributed by atoms with Crippen molar-refractivity contribution in [3.05, 3.63) is 57.4 Å². The van der Waals surface area contributed by atoms with Gasteiger partial charge in [0.1, 0.15) is 10.5 Å². The van der Waals surface area contributed by atoms with Crippen LogP contribution >= 0.6 is 23.1 Å². The predicted molar refractivity (Wildman–Crippen MR) is 94.8 cm³/mol. The lowest BCUT2D eigenvalue weighted by Crippen LogP contribution is -2.25. The maximum atomic E-state index is 13.3. The van der Waals surface area contributed by atoms with E-state index < -0.39 is 0 Å². The van der Waals surface area contributed by atoms with Crippen molar-refractivity contribution in [3.8, 4) is 0 Å². The van der Waals surface area contributed by atoms with Crippen molar-refractivity contribution in [2.45, 2.75) is 37.2 Å². The van der Waals surface area contributed by atoms with Gasteiger partial charge in [0.05, 0.1) is 5.52 Å². The van der Waals surface area contributed by atoms with Gasteiger partial charge in [0.2, 0.25) is 0 Å². The molecule has 3 nitrogen and oxygen atoms in total. The molecule has 0 amide bonds. The number of hydrogen-bond acceptors (Lipinski definition) is 4. The molecule has 3 rings (SSSR count). The van der Waals surface area contributed by atoms with Crippen LogP contribution in [-0.2, 0) is 5.75 Å². The maximum Gasteiger partial charge on any atom is 0.272 e. The minimum absolute atomic E-state index is 0.0149. The van der Waals surface area contributed by atoms with Gasteiger partial charge in [-0.2, -0.15) is 0 Å². The quantitative estimate of drug-likeness (QED) is 0.488. The van der Waals surface area contributed by atoms with E-state index in [0.29, 0.717) is 15.6 Å². The van der Waals surface area contributed by atoms with E-state index in [4.69, 9.17) is 0 Å². The Labute approximate surface area is 142 Å². The highest BCUT2D eigenvalue weighted by atomic mass is 32.2. The number of thioether (sulfide) groups is 1. The molecule has 0 saturated carbocycles. The van der Waals surface area contributed by atoms with Crippen LogP contribution in [0.5, 0.6) is 0 Å². The first-order valence-electron chi connectivity index (χ1n) is 7.47. The monoisotopic (exact) mass is 348 g/mol. The molecule has 0 aliphatic carbocycles. The molecule has 0 spiro atoms. The Bertz CT molecular complexity index is 888. The second-order valence-electron chi connectivity index (χ2n) is 5.38. The number of fused-ring (bicyclic) bond motifs is 1. The topological polar surface area (TPSA) is 34.9 Å². The standard InChI is InChI=1S/C17H17FN2OS2/c1-3-11(2)20-16(21)15-14(7-8-22-15)19-17(20)23-10-12-5-4-6-13(18)9-12/h4-9,11H,3,10H2,1-2H3/t11-/m1/s1. The van der Waals surface area contributed by atoms with Gasteiger partial charge in [0, 0.05) is 11.8 Å². The molecule has 3 aromatic rings. The zero-order valence-corrected chi connectivity index (χ0v) is 14.6. The van der Waals surface area contributed by atoms with Crippen LogP contribution in [0.1, 0.15) is 31.9 Å². The van der Waals surface area contributed by atoms with Crippen LogP contribution in [0.25, 0.3) is 10.2 Å². The van der Waals surface area contributed by atoms with Gasteiger partial charge in [-0.1, -0.05) is 30.8 Å². The lowest BCUT2D eigenvalue weighted by Gasteiger charge is -2.17.